The molecule has 1 saturated heterocycles. The number of hydrogen-bond donors (Lipinski definition) is 1. The van der Waals surface area contributed by atoms with Gasteiger partial charge in [0.25, 0.3) is 0 Å². The van der Waals surface area contributed by atoms with Crippen LogP contribution in [0.1, 0.15) is 33.0 Å². The first-order chi connectivity index (χ1) is 15.1. The van der Waals surface area contributed by atoms with E-state index in [9.17, 15) is 9.59 Å². The molecule has 0 radical (unpaired) electrons. The molecular weight excluding hydrogens is 390 g/mol. The number of aromatic carboxylic acids is 1. The summed E-state index contributed by atoms with van der Waals surface area (Å²) in [4.78, 5) is 25.4. The molecule has 0 spiro atoms. The number of benzene rings is 3. The van der Waals surface area contributed by atoms with Gasteiger partial charge in [0.1, 0.15) is 6.61 Å². The Kier molecular flexibility index (Phi) is 4.94. The second kappa shape index (κ2) is 7.91. The Balaban J connectivity index is 1.18. The molecule has 0 atom stereocenters. The number of fused-ring (bicyclic) bond motifs is 3. The molecule has 3 aromatic rings. The van der Waals surface area contributed by atoms with Crippen molar-refractivity contribution in [2.75, 3.05) is 19.7 Å². The lowest BCUT2D eigenvalue weighted by Gasteiger charge is -2.38. The van der Waals surface area contributed by atoms with Gasteiger partial charge in [-0.25, -0.2) is 9.59 Å². The lowest BCUT2D eigenvalue weighted by Crippen LogP contribution is -2.51. The van der Waals surface area contributed by atoms with Crippen molar-refractivity contribution in [3.8, 4) is 11.1 Å². The maximum atomic E-state index is 12.6. The van der Waals surface area contributed by atoms with Gasteiger partial charge in [0.05, 0.1) is 5.56 Å². The summed E-state index contributed by atoms with van der Waals surface area (Å²) in [5, 5.41) is 9.13. The van der Waals surface area contributed by atoms with Gasteiger partial charge < -0.3 is 14.7 Å². The minimum atomic E-state index is -0.921. The van der Waals surface area contributed by atoms with E-state index in [0.29, 0.717) is 31.2 Å². The third kappa shape index (κ3) is 3.67. The predicted molar refractivity (Wildman–Crippen MR) is 117 cm³/mol. The number of amides is 1. The minimum Gasteiger partial charge on any atom is -0.478 e. The second-order valence-electron chi connectivity index (χ2n) is 8.28. The molecule has 3 aromatic carbocycles. The Morgan fingerprint density at radius 1 is 0.903 bits per heavy atom. The molecule has 1 N–H and O–H groups in total. The highest BCUT2D eigenvalue weighted by Gasteiger charge is 2.34. The van der Waals surface area contributed by atoms with Crippen molar-refractivity contribution in [3.63, 3.8) is 0 Å². The molecule has 0 saturated carbocycles. The molecule has 0 bridgehead atoms. The van der Waals surface area contributed by atoms with Gasteiger partial charge in [0, 0.05) is 19.0 Å². The fraction of sp³-hybridized carbons (Fsp3) is 0.231. The molecule has 1 fully saturated rings. The number of carbonyl (C=O) groups is 2. The van der Waals surface area contributed by atoms with Gasteiger partial charge in [-0.05, 0) is 52.3 Å². The van der Waals surface area contributed by atoms with E-state index in [-0.39, 0.29) is 12.0 Å². The molecule has 5 heteroatoms. The predicted octanol–water partition coefficient (Wildman–Crippen LogP) is 4.81. The van der Waals surface area contributed by atoms with E-state index < -0.39 is 5.97 Å². The number of hydrogen-bond acceptors (Lipinski definition) is 3. The molecule has 1 heterocycles. The first-order valence-electron chi connectivity index (χ1n) is 10.5. The summed E-state index contributed by atoms with van der Waals surface area (Å²) in [5.41, 5.74) is 6.12. The van der Waals surface area contributed by atoms with Crippen LogP contribution in [0.4, 0.5) is 4.79 Å². The maximum absolute atomic E-state index is 12.6. The molecule has 31 heavy (non-hydrogen) atoms. The van der Waals surface area contributed by atoms with Gasteiger partial charge in [0.2, 0.25) is 0 Å². The zero-order valence-corrected chi connectivity index (χ0v) is 17.0. The summed E-state index contributed by atoms with van der Waals surface area (Å²) in [6, 6.07) is 23.6. The summed E-state index contributed by atoms with van der Waals surface area (Å²) < 4.78 is 5.70. The summed E-state index contributed by atoms with van der Waals surface area (Å²) in [6.07, 6.45) is 0.478. The summed E-state index contributed by atoms with van der Waals surface area (Å²) >= 11 is 0. The van der Waals surface area contributed by atoms with E-state index in [1.165, 1.54) is 22.3 Å². The van der Waals surface area contributed by atoms with Crippen LogP contribution in [0.5, 0.6) is 0 Å². The normalized spacial score (nSPS) is 15.2. The fourth-order valence-corrected chi connectivity index (χ4v) is 4.70. The molecule has 0 unspecified atom stereocenters. The van der Waals surface area contributed by atoms with E-state index >= 15 is 0 Å². The van der Waals surface area contributed by atoms with Crippen molar-refractivity contribution in [2.45, 2.75) is 12.3 Å². The zero-order chi connectivity index (χ0) is 21.4. The number of carboxylic acid groups (broad SMARTS) is 1. The third-order valence-corrected chi connectivity index (χ3v) is 6.25. The quantitative estimate of drug-likeness (QED) is 0.652. The van der Waals surface area contributed by atoms with E-state index in [1.807, 2.05) is 30.3 Å². The standard InChI is InChI=1S/C26H23NO4/c28-25(29)19-7-5-6-17(13-19)12-18-14-27(15-18)26(30)31-16-24-22-10-3-1-8-20(22)21-9-2-4-11-23(21)24/h1-11,13,18,24H,12,14-16H2,(H,28,29). The Labute approximate surface area is 180 Å². The fourth-order valence-electron chi connectivity index (χ4n) is 4.70. The SMILES string of the molecule is O=C(O)c1cccc(CC2CN(C(=O)OCC3c4ccccc4-c4ccccc43)C2)c1. The lowest BCUT2D eigenvalue weighted by molar-refractivity contribution is 0.0524. The topological polar surface area (TPSA) is 66.8 Å². The molecule has 156 valence electrons. The Morgan fingerprint density at radius 2 is 1.55 bits per heavy atom. The molecule has 0 aromatic heterocycles. The third-order valence-electron chi connectivity index (χ3n) is 6.25. The molecule has 2 aliphatic rings. The van der Waals surface area contributed by atoms with Gasteiger partial charge in [-0.15, -0.1) is 0 Å². The zero-order valence-electron chi connectivity index (χ0n) is 17.0. The number of rotatable bonds is 5. The average Bonchev–Trinajstić information content (AvgIpc) is 3.08. The number of carbonyl (C=O) groups excluding carboxylic acids is 1. The smallest absolute Gasteiger partial charge is 0.409 e. The van der Waals surface area contributed by atoms with Crippen molar-refractivity contribution >= 4 is 12.1 Å². The second-order valence-corrected chi connectivity index (χ2v) is 8.28. The maximum Gasteiger partial charge on any atom is 0.409 e. The first-order valence-corrected chi connectivity index (χ1v) is 10.5. The number of ether oxygens (including phenoxy) is 1. The summed E-state index contributed by atoms with van der Waals surface area (Å²) in [7, 11) is 0. The van der Waals surface area contributed by atoms with Crippen molar-refractivity contribution in [1.29, 1.82) is 0 Å². The van der Waals surface area contributed by atoms with Crippen molar-refractivity contribution in [2.24, 2.45) is 5.92 Å². The van der Waals surface area contributed by atoms with Gasteiger partial charge in [0.15, 0.2) is 0 Å². The van der Waals surface area contributed by atoms with Gasteiger partial charge >= 0.3 is 12.1 Å². The van der Waals surface area contributed by atoms with Crippen LogP contribution in [-0.2, 0) is 11.2 Å². The molecule has 1 aliphatic carbocycles. The molecule has 5 nitrogen and oxygen atoms in total. The molecule has 5 rings (SSSR count). The van der Waals surface area contributed by atoms with Crippen LogP contribution in [0, 0.1) is 5.92 Å². The van der Waals surface area contributed by atoms with Crippen LogP contribution in [-0.4, -0.2) is 41.8 Å². The highest BCUT2D eigenvalue weighted by molar-refractivity contribution is 5.87. The number of nitrogens with zero attached hydrogens (tertiary/aromatic N) is 1. The molecule has 1 amide bonds. The Bertz CT molecular complexity index is 1100. The van der Waals surface area contributed by atoms with Gasteiger partial charge in [-0.2, -0.15) is 0 Å². The van der Waals surface area contributed by atoms with Crippen LogP contribution >= 0.6 is 0 Å². The van der Waals surface area contributed by atoms with Crippen LogP contribution in [0.2, 0.25) is 0 Å². The first kappa shape index (κ1) is 19.4. The average molecular weight is 413 g/mol. The lowest BCUT2D eigenvalue weighted by atomic mass is 9.92. The van der Waals surface area contributed by atoms with Gasteiger partial charge in [-0.3, -0.25) is 0 Å². The van der Waals surface area contributed by atoms with Crippen LogP contribution in [0.25, 0.3) is 11.1 Å². The Morgan fingerprint density at radius 3 is 2.19 bits per heavy atom. The highest BCUT2D eigenvalue weighted by Crippen LogP contribution is 2.44. The van der Waals surface area contributed by atoms with Crippen molar-refractivity contribution < 1.29 is 19.4 Å². The van der Waals surface area contributed by atoms with Gasteiger partial charge in [-0.1, -0.05) is 60.7 Å². The largest absolute Gasteiger partial charge is 0.478 e. The van der Waals surface area contributed by atoms with E-state index in [4.69, 9.17) is 9.84 Å². The monoisotopic (exact) mass is 413 g/mol. The highest BCUT2D eigenvalue weighted by atomic mass is 16.6. The van der Waals surface area contributed by atoms with E-state index in [2.05, 4.69) is 24.3 Å². The number of likely N-dealkylation sites (tertiary alicyclic amines) is 1. The van der Waals surface area contributed by atoms with E-state index in [1.54, 1.807) is 23.1 Å². The van der Waals surface area contributed by atoms with Crippen molar-refractivity contribution in [3.05, 3.63) is 95.1 Å². The van der Waals surface area contributed by atoms with Crippen molar-refractivity contribution in [1.82, 2.24) is 4.90 Å². The number of carboxylic acids is 1. The van der Waals surface area contributed by atoms with Crippen LogP contribution in [0.15, 0.2) is 72.8 Å². The summed E-state index contributed by atoms with van der Waals surface area (Å²) in [6.45, 7) is 1.59. The molecule has 1 aliphatic heterocycles. The summed E-state index contributed by atoms with van der Waals surface area (Å²) in [5.74, 6) is -0.535. The minimum absolute atomic E-state index is 0.0622. The van der Waals surface area contributed by atoms with Crippen LogP contribution in [0.3, 0.4) is 0 Å². The van der Waals surface area contributed by atoms with Crippen LogP contribution < -0.4 is 0 Å². The Hall–Kier alpha value is -3.60. The van der Waals surface area contributed by atoms with E-state index in [0.717, 1.165) is 12.0 Å². The molecular formula is C26H23NO4.